The van der Waals surface area contributed by atoms with Crippen LogP contribution in [0.15, 0.2) is 30.3 Å². The molecule has 1 aromatic carbocycles. The number of carbonyl (C=O) groups is 1. The third-order valence-corrected chi connectivity index (χ3v) is 2.68. The smallest absolute Gasteiger partial charge is 0.245 e. The molecule has 1 aromatic rings. The van der Waals surface area contributed by atoms with Gasteiger partial charge in [-0.2, -0.15) is 0 Å². The van der Waals surface area contributed by atoms with Crippen molar-refractivity contribution in [1.29, 1.82) is 0 Å². The molecule has 0 aromatic heterocycles. The van der Waals surface area contributed by atoms with E-state index in [9.17, 15) is 4.79 Å². The van der Waals surface area contributed by atoms with Crippen LogP contribution in [0.4, 0.5) is 0 Å². The highest BCUT2D eigenvalue weighted by Crippen LogP contribution is 2.14. The van der Waals surface area contributed by atoms with Crippen molar-refractivity contribution in [2.45, 2.75) is 32.6 Å². The summed E-state index contributed by atoms with van der Waals surface area (Å²) in [6.45, 7) is 2.95. The first-order valence-corrected chi connectivity index (χ1v) is 6.70. The van der Waals surface area contributed by atoms with E-state index in [2.05, 4.69) is 6.92 Å². The first-order chi connectivity index (χ1) is 8.72. The van der Waals surface area contributed by atoms with Crippen LogP contribution in [0.2, 0.25) is 0 Å². The van der Waals surface area contributed by atoms with Gasteiger partial charge in [-0.05, 0) is 41.8 Å². The Morgan fingerprint density at radius 1 is 1.22 bits per heavy atom. The van der Waals surface area contributed by atoms with Gasteiger partial charge in [-0.15, -0.1) is 0 Å². The summed E-state index contributed by atoms with van der Waals surface area (Å²) in [5, 5.41) is -0.466. The first kappa shape index (κ1) is 14.8. The number of carbonyl (C=O) groups excluding carboxylic acids is 1. The highest BCUT2D eigenvalue weighted by molar-refractivity contribution is 6.66. The molecule has 0 N–H and O–H groups in total. The number of benzene rings is 1. The van der Waals surface area contributed by atoms with E-state index >= 15 is 0 Å². The molecular weight excluding hydrogens is 248 g/mol. The van der Waals surface area contributed by atoms with Crippen LogP contribution in [-0.2, 0) is 4.79 Å². The van der Waals surface area contributed by atoms with Crippen molar-refractivity contribution in [3.63, 3.8) is 0 Å². The molecule has 98 valence electrons. The van der Waals surface area contributed by atoms with Gasteiger partial charge in [-0.3, -0.25) is 4.79 Å². The molecule has 3 heteroatoms. The molecule has 1 rings (SSSR count). The Morgan fingerprint density at radius 3 is 2.56 bits per heavy atom. The molecular formula is C15H19ClO2. The molecule has 18 heavy (non-hydrogen) atoms. The molecule has 0 spiro atoms. The van der Waals surface area contributed by atoms with E-state index in [0.29, 0.717) is 0 Å². The summed E-state index contributed by atoms with van der Waals surface area (Å²) in [7, 11) is 0. The second-order valence-electron chi connectivity index (χ2n) is 4.12. The maximum absolute atomic E-state index is 10.6. The van der Waals surface area contributed by atoms with Crippen LogP contribution in [0.5, 0.6) is 5.75 Å². The van der Waals surface area contributed by atoms with Gasteiger partial charge in [-0.25, -0.2) is 0 Å². The third kappa shape index (κ3) is 6.45. The van der Waals surface area contributed by atoms with Crippen LogP contribution in [0.25, 0.3) is 6.08 Å². The molecule has 0 aliphatic rings. The van der Waals surface area contributed by atoms with Crippen molar-refractivity contribution in [3.05, 3.63) is 35.9 Å². The largest absolute Gasteiger partial charge is 0.494 e. The molecule has 0 saturated carbocycles. The Hall–Kier alpha value is -1.28. The Bertz CT molecular complexity index is 382. The van der Waals surface area contributed by atoms with E-state index in [1.54, 1.807) is 6.08 Å². The standard InChI is InChI=1S/C15H19ClO2/c1-2-3-4-5-12-18-14-9-6-13(7-10-14)8-11-15(16)17/h6-11H,2-5,12H2,1H3/b11-8+. The number of ether oxygens (including phenoxy) is 1. The molecule has 0 heterocycles. The predicted molar refractivity (Wildman–Crippen MR) is 76.0 cm³/mol. The number of hydrogen-bond donors (Lipinski definition) is 0. The molecule has 0 saturated heterocycles. The minimum atomic E-state index is -0.466. The fourth-order valence-corrected chi connectivity index (χ4v) is 1.62. The fraction of sp³-hybridized carbons (Fsp3) is 0.400. The minimum absolute atomic E-state index is 0.466. The Kier molecular flexibility index (Phi) is 7.19. The van der Waals surface area contributed by atoms with Crippen molar-refractivity contribution in [1.82, 2.24) is 0 Å². The zero-order valence-corrected chi connectivity index (χ0v) is 11.5. The number of allylic oxidation sites excluding steroid dienone is 1. The average molecular weight is 267 g/mol. The van der Waals surface area contributed by atoms with Gasteiger partial charge in [-0.1, -0.05) is 44.4 Å². The summed E-state index contributed by atoms with van der Waals surface area (Å²) in [6.07, 6.45) is 7.83. The van der Waals surface area contributed by atoms with E-state index in [-0.39, 0.29) is 0 Å². The summed E-state index contributed by atoms with van der Waals surface area (Å²) < 4.78 is 5.62. The second kappa shape index (κ2) is 8.76. The normalized spacial score (nSPS) is 10.8. The molecule has 0 atom stereocenters. The van der Waals surface area contributed by atoms with Gasteiger partial charge in [0.05, 0.1) is 6.61 Å². The van der Waals surface area contributed by atoms with Crippen LogP contribution >= 0.6 is 11.6 Å². The van der Waals surface area contributed by atoms with Crippen molar-refractivity contribution >= 4 is 22.9 Å². The minimum Gasteiger partial charge on any atom is -0.494 e. The van der Waals surface area contributed by atoms with Crippen LogP contribution < -0.4 is 4.74 Å². The van der Waals surface area contributed by atoms with Gasteiger partial charge in [0.2, 0.25) is 5.24 Å². The summed E-state index contributed by atoms with van der Waals surface area (Å²) in [5.74, 6) is 0.862. The zero-order chi connectivity index (χ0) is 13.2. The predicted octanol–water partition coefficient (Wildman–Crippen LogP) is 4.42. The lowest BCUT2D eigenvalue weighted by Gasteiger charge is -2.05. The molecule has 0 aliphatic carbocycles. The summed E-state index contributed by atoms with van der Waals surface area (Å²) >= 11 is 5.22. The molecule has 0 amide bonds. The van der Waals surface area contributed by atoms with Gasteiger partial charge in [0.25, 0.3) is 0 Å². The van der Waals surface area contributed by atoms with E-state index in [4.69, 9.17) is 16.3 Å². The van der Waals surface area contributed by atoms with Crippen LogP contribution in [0, 0.1) is 0 Å². The van der Waals surface area contributed by atoms with E-state index in [1.807, 2.05) is 24.3 Å². The van der Waals surface area contributed by atoms with Gasteiger partial charge in [0, 0.05) is 0 Å². The summed E-state index contributed by atoms with van der Waals surface area (Å²) in [6, 6.07) is 7.60. The molecule has 0 unspecified atom stereocenters. The van der Waals surface area contributed by atoms with E-state index < -0.39 is 5.24 Å². The number of hydrogen-bond acceptors (Lipinski definition) is 2. The molecule has 0 fully saturated rings. The fourth-order valence-electron chi connectivity index (χ4n) is 1.56. The highest BCUT2D eigenvalue weighted by Gasteiger charge is 1.94. The topological polar surface area (TPSA) is 26.3 Å². The van der Waals surface area contributed by atoms with Crippen molar-refractivity contribution < 1.29 is 9.53 Å². The number of halogens is 1. The van der Waals surface area contributed by atoms with Gasteiger partial charge in [0.15, 0.2) is 0 Å². The third-order valence-electron chi connectivity index (χ3n) is 2.55. The van der Waals surface area contributed by atoms with E-state index in [1.165, 1.54) is 25.3 Å². The molecule has 0 aliphatic heterocycles. The highest BCUT2D eigenvalue weighted by atomic mass is 35.5. The molecule has 2 nitrogen and oxygen atoms in total. The van der Waals surface area contributed by atoms with Gasteiger partial charge < -0.3 is 4.74 Å². The lowest BCUT2D eigenvalue weighted by atomic mass is 10.2. The Balaban J connectivity index is 2.34. The average Bonchev–Trinajstić information content (AvgIpc) is 2.37. The molecule has 0 radical (unpaired) electrons. The van der Waals surface area contributed by atoms with Crippen LogP contribution in [-0.4, -0.2) is 11.8 Å². The zero-order valence-electron chi connectivity index (χ0n) is 10.7. The van der Waals surface area contributed by atoms with Crippen LogP contribution in [0.3, 0.4) is 0 Å². The maximum Gasteiger partial charge on any atom is 0.245 e. The monoisotopic (exact) mass is 266 g/mol. The van der Waals surface area contributed by atoms with Gasteiger partial charge in [0.1, 0.15) is 5.75 Å². The summed E-state index contributed by atoms with van der Waals surface area (Å²) in [5.41, 5.74) is 0.933. The Morgan fingerprint density at radius 2 is 1.94 bits per heavy atom. The van der Waals surface area contributed by atoms with Crippen molar-refractivity contribution in [2.75, 3.05) is 6.61 Å². The maximum atomic E-state index is 10.6. The van der Waals surface area contributed by atoms with Crippen molar-refractivity contribution in [2.24, 2.45) is 0 Å². The lowest BCUT2D eigenvalue weighted by Crippen LogP contribution is -1.96. The van der Waals surface area contributed by atoms with Crippen LogP contribution in [0.1, 0.15) is 38.2 Å². The van der Waals surface area contributed by atoms with Gasteiger partial charge >= 0.3 is 0 Å². The summed E-state index contributed by atoms with van der Waals surface area (Å²) in [4.78, 5) is 10.6. The molecule has 0 bridgehead atoms. The van der Waals surface area contributed by atoms with Crippen molar-refractivity contribution in [3.8, 4) is 5.75 Å². The lowest BCUT2D eigenvalue weighted by molar-refractivity contribution is -0.107. The Labute approximate surface area is 114 Å². The number of unbranched alkanes of at least 4 members (excludes halogenated alkanes) is 3. The first-order valence-electron chi connectivity index (χ1n) is 6.33. The second-order valence-corrected chi connectivity index (χ2v) is 4.49. The quantitative estimate of drug-likeness (QED) is 0.395. The number of rotatable bonds is 8. The van der Waals surface area contributed by atoms with E-state index in [0.717, 1.165) is 24.3 Å². The SMILES string of the molecule is CCCCCCOc1ccc(/C=C/C(=O)Cl)cc1.